The summed E-state index contributed by atoms with van der Waals surface area (Å²) in [5, 5.41) is 7.84. The third-order valence-corrected chi connectivity index (χ3v) is 3.49. The summed E-state index contributed by atoms with van der Waals surface area (Å²) in [7, 11) is 0. The SMILES string of the molecule is Cc1nc(C)c(C(=O)N[C@H](C)Cn2cncn2)s1. The van der Waals surface area contributed by atoms with E-state index < -0.39 is 0 Å². The van der Waals surface area contributed by atoms with Crippen LogP contribution in [-0.2, 0) is 6.54 Å². The molecule has 0 bridgehead atoms. The monoisotopic (exact) mass is 265 g/mol. The maximum Gasteiger partial charge on any atom is 0.263 e. The Labute approximate surface area is 109 Å². The van der Waals surface area contributed by atoms with Crippen LogP contribution in [0.15, 0.2) is 12.7 Å². The molecule has 1 amide bonds. The summed E-state index contributed by atoms with van der Waals surface area (Å²) in [6.07, 6.45) is 3.11. The second-order valence-electron chi connectivity index (χ2n) is 4.14. The van der Waals surface area contributed by atoms with Crippen molar-refractivity contribution >= 4 is 17.2 Å². The number of hydrogen-bond donors (Lipinski definition) is 1. The molecule has 0 saturated carbocycles. The highest BCUT2D eigenvalue weighted by Gasteiger charge is 2.16. The van der Waals surface area contributed by atoms with Crippen molar-refractivity contribution in [2.24, 2.45) is 0 Å². The topological polar surface area (TPSA) is 72.7 Å². The van der Waals surface area contributed by atoms with E-state index in [1.807, 2.05) is 20.8 Å². The Morgan fingerprint density at radius 3 is 2.89 bits per heavy atom. The van der Waals surface area contributed by atoms with Crippen LogP contribution in [0.5, 0.6) is 0 Å². The maximum atomic E-state index is 12.0. The van der Waals surface area contributed by atoms with Crippen molar-refractivity contribution in [3.05, 3.63) is 28.2 Å². The first kappa shape index (κ1) is 12.7. The largest absolute Gasteiger partial charge is 0.347 e. The summed E-state index contributed by atoms with van der Waals surface area (Å²) in [6, 6.07) is -0.0130. The molecule has 0 fully saturated rings. The number of thiazole rings is 1. The van der Waals surface area contributed by atoms with Gasteiger partial charge in [0, 0.05) is 6.04 Å². The molecule has 96 valence electrons. The van der Waals surface area contributed by atoms with E-state index in [-0.39, 0.29) is 11.9 Å². The average Bonchev–Trinajstić information content (AvgIpc) is 2.88. The molecule has 0 unspecified atom stereocenters. The number of carbonyl (C=O) groups is 1. The minimum absolute atomic E-state index is 0.0130. The Balaban J connectivity index is 1.97. The summed E-state index contributed by atoms with van der Waals surface area (Å²) in [6.45, 7) is 6.28. The summed E-state index contributed by atoms with van der Waals surface area (Å²) < 4.78 is 1.69. The Morgan fingerprint density at radius 2 is 2.33 bits per heavy atom. The number of amides is 1. The first-order chi connectivity index (χ1) is 8.56. The smallest absolute Gasteiger partial charge is 0.263 e. The molecule has 0 spiro atoms. The molecule has 0 aliphatic carbocycles. The number of rotatable bonds is 4. The van der Waals surface area contributed by atoms with Gasteiger partial charge < -0.3 is 5.32 Å². The fourth-order valence-electron chi connectivity index (χ4n) is 1.68. The van der Waals surface area contributed by atoms with Crippen LogP contribution in [0.2, 0.25) is 0 Å². The van der Waals surface area contributed by atoms with E-state index in [1.165, 1.54) is 17.7 Å². The number of hydrogen-bond acceptors (Lipinski definition) is 5. The zero-order chi connectivity index (χ0) is 13.1. The minimum atomic E-state index is -0.0780. The second kappa shape index (κ2) is 5.26. The van der Waals surface area contributed by atoms with Crippen molar-refractivity contribution in [2.75, 3.05) is 0 Å². The molecule has 0 aliphatic rings. The van der Waals surface area contributed by atoms with E-state index in [9.17, 15) is 4.79 Å². The normalized spacial score (nSPS) is 12.4. The highest BCUT2D eigenvalue weighted by molar-refractivity contribution is 7.13. The van der Waals surface area contributed by atoms with Crippen LogP contribution in [0.4, 0.5) is 0 Å². The van der Waals surface area contributed by atoms with Crippen LogP contribution in [0.1, 0.15) is 27.3 Å². The molecule has 1 N–H and O–H groups in total. The summed E-state index contributed by atoms with van der Waals surface area (Å²) in [4.78, 5) is 20.8. The van der Waals surface area contributed by atoms with Gasteiger partial charge >= 0.3 is 0 Å². The molecule has 0 saturated heterocycles. The van der Waals surface area contributed by atoms with Gasteiger partial charge in [0.1, 0.15) is 17.5 Å². The zero-order valence-electron chi connectivity index (χ0n) is 10.5. The molecule has 2 aromatic rings. The van der Waals surface area contributed by atoms with Crippen LogP contribution in [-0.4, -0.2) is 31.7 Å². The van der Waals surface area contributed by atoms with Crippen molar-refractivity contribution < 1.29 is 4.79 Å². The minimum Gasteiger partial charge on any atom is -0.347 e. The van der Waals surface area contributed by atoms with Gasteiger partial charge in [-0.2, -0.15) is 5.10 Å². The predicted molar refractivity (Wildman–Crippen MR) is 68.5 cm³/mol. The quantitative estimate of drug-likeness (QED) is 0.900. The van der Waals surface area contributed by atoms with E-state index >= 15 is 0 Å². The van der Waals surface area contributed by atoms with Crippen molar-refractivity contribution in [3.63, 3.8) is 0 Å². The molecule has 2 rings (SSSR count). The number of nitrogens with zero attached hydrogens (tertiary/aromatic N) is 4. The Morgan fingerprint density at radius 1 is 1.56 bits per heavy atom. The highest BCUT2D eigenvalue weighted by atomic mass is 32.1. The lowest BCUT2D eigenvalue weighted by molar-refractivity contribution is 0.0939. The fourth-order valence-corrected chi connectivity index (χ4v) is 2.51. The van der Waals surface area contributed by atoms with Crippen LogP contribution in [0.3, 0.4) is 0 Å². The van der Waals surface area contributed by atoms with Gasteiger partial charge in [-0.05, 0) is 20.8 Å². The summed E-state index contributed by atoms with van der Waals surface area (Å²) in [5.41, 5.74) is 0.781. The van der Waals surface area contributed by atoms with Gasteiger partial charge in [-0.3, -0.25) is 9.48 Å². The number of aryl methyl sites for hydroxylation is 2. The van der Waals surface area contributed by atoms with E-state index in [1.54, 1.807) is 11.0 Å². The van der Waals surface area contributed by atoms with Crippen molar-refractivity contribution in [2.45, 2.75) is 33.4 Å². The first-order valence-corrected chi connectivity index (χ1v) is 6.45. The van der Waals surface area contributed by atoms with Crippen LogP contribution < -0.4 is 5.32 Å². The first-order valence-electron chi connectivity index (χ1n) is 5.63. The molecule has 6 nitrogen and oxygen atoms in total. The molecule has 2 aromatic heterocycles. The van der Waals surface area contributed by atoms with Gasteiger partial charge in [0.05, 0.1) is 17.2 Å². The molecule has 0 aliphatic heterocycles. The van der Waals surface area contributed by atoms with Crippen molar-refractivity contribution in [1.82, 2.24) is 25.1 Å². The molecule has 18 heavy (non-hydrogen) atoms. The van der Waals surface area contributed by atoms with Crippen LogP contribution >= 0.6 is 11.3 Å². The molecular weight excluding hydrogens is 250 g/mol. The Bertz CT molecular complexity index is 534. The third-order valence-electron chi connectivity index (χ3n) is 2.41. The maximum absolute atomic E-state index is 12.0. The van der Waals surface area contributed by atoms with Crippen molar-refractivity contribution in [3.8, 4) is 0 Å². The van der Waals surface area contributed by atoms with E-state index in [0.717, 1.165) is 10.7 Å². The molecule has 1 atom stereocenters. The standard InChI is InChI=1S/C11H15N5OS/c1-7(4-16-6-12-5-13-16)14-11(17)10-8(2)15-9(3)18-10/h5-7H,4H2,1-3H3,(H,14,17)/t7-/m1/s1. The van der Waals surface area contributed by atoms with Gasteiger partial charge in [-0.15, -0.1) is 11.3 Å². The molecule has 7 heteroatoms. The lowest BCUT2D eigenvalue weighted by Crippen LogP contribution is -2.35. The Kier molecular flexibility index (Phi) is 3.71. The highest BCUT2D eigenvalue weighted by Crippen LogP contribution is 2.16. The van der Waals surface area contributed by atoms with E-state index in [0.29, 0.717) is 11.4 Å². The number of aromatic nitrogens is 4. The zero-order valence-corrected chi connectivity index (χ0v) is 11.4. The Hall–Kier alpha value is -1.76. The van der Waals surface area contributed by atoms with Gasteiger partial charge in [-0.1, -0.05) is 0 Å². The van der Waals surface area contributed by atoms with Crippen LogP contribution in [0.25, 0.3) is 0 Å². The lowest BCUT2D eigenvalue weighted by Gasteiger charge is -2.12. The van der Waals surface area contributed by atoms with Gasteiger partial charge in [0.15, 0.2) is 0 Å². The van der Waals surface area contributed by atoms with E-state index in [2.05, 4.69) is 20.4 Å². The number of carbonyl (C=O) groups excluding carboxylic acids is 1. The van der Waals surface area contributed by atoms with Gasteiger partial charge in [0.2, 0.25) is 0 Å². The molecule has 2 heterocycles. The van der Waals surface area contributed by atoms with E-state index in [4.69, 9.17) is 0 Å². The molecule has 0 radical (unpaired) electrons. The second-order valence-corrected chi connectivity index (χ2v) is 5.34. The fraction of sp³-hybridized carbons (Fsp3) is 0.455. The average molecular weight is 265 g/mol. The summed E-state index contributed by atoms with van der Waals surface area (Å²) >= 11 is 1.41. The lowest BCUT2D eigenvalue weighted by atomic mass is 10.3. The molecule has 0 aromatic carbocycles. The van der Waals surface area contributed by atoms with Crippen molar-refractivity contribution in [1.29, 1.82) is 0 Å². The predicted octanol–water partition coefficient (Wildman–Crippen LogP) is 1.17. The third kappa shape index (κ3) is 2.92. The summed E-state index contributed by atoms with van der Waals surface area (Å²) in [5.74, 6) is -0.0780. The van der Waals surface area contributed by atoms with Crippen LogP contribution in [0, 0.1) is 13.8 Å². The number of nitrogens with one attached hydrogen (secondary N) is 1. The van der Waals surface area contributed by atoms with Gasteiger partial charge in [0.25, 0.3) is 5.91 Å². The molecular formula is C11H15N5OS. The van der Waals surface area contributed by atoms with Gasteiger partial charge in [-0.25, -0.2) is 9.97 Å².